The Bertz CT molecular complexity index is 593. The minimum Gasteiger partial charge on any atom is -0.294 e. The molecule has 1 heterocycles. The van der Waals surface area contributed by atoms with Gasteiger partial charge in [0.05, 0.1) is 6.42 Å². The van der Waals surface area contributed by atoms with Crippen LogP contribution in [0.25, 0.3) is 0 Å². The second-order valence-corrected chi connectivity index (χ2v) is 5.70. The monoisotopic (exact) mass is 257 g/mol. The van der Waals surface area contributed by atoms with Crippen LogP contribution in [-0.4, -0.2) is 20.5 Å². The standard InChI is InChI=1S/C15H19N3O/c1-15(2,3)12-8-6-5-7-11(12)13(19)9-14-16-10-17-18(14)4/h5-8,10H,9H2,1-4H3. The van der Waals surface area contributed by atoms with Gasteiger partial charge in [0.25, 0.3) is 0 Å². The molecule has 0 N–H and O–H groups in total. The van der Waals surface area contributed by atoms with Gasteiger partial charge in [-0.15, -0.1) is 0 Å². The normalized spacial score (nSPS) is 11.6. The Morgan fingerprint density at radius 2 is 1.95 bits per heavy atom. The zero-order valence-electron chi connectivity index (χ0n) is 11.8. The highest BCUT2D eigenvalue weighted by atomic mass is 16.1. The number of carbonyl (C=O) groups excluding carboxylic acids is 1. The topological polar surface area (TPSA) is 47.8 Å². The van der Waals surface area contributed by atoms with Crippen molar-refractivity contribution >= 4 is 5.78 Å². The van der Waals surface area contributed by atoms with Crippen molar-refractivity contribution in [1.82, 2.24) is 14.8 Å². The van der Waals surface area contributed by atoms with Crippen molar-refractivity contribution in [1.29, 1.82) is 0 Å². The van der Waals surface area contributed by atoms with Crippen LogP contribution in [0.1, 0.15) is 42.5 Å². The van der Waals surface area contributed by atoms with Crippen molar-refractivity contribution in [3.8, 4) is 0 Å². The van der Waals surface area contributed by atoms with E-state index in [9.17, 15) is 4.79 Å². The summed E-state index contributed by atoms with van der Waals surface area (Å²) in [6, 6.07) is 7.78. The lowest BCUT2D eigenvalue weighted by atomic mass is 9.82. The number of benzene rings is 1. The van der Waals surface area contributed by atoms with Gasteiger partial charge in [-0.1, -0.05) is 45.0 Å². The van der Waals surface area contributed by atoms with Gasteiger partial charge in [0, 0.05) is 12.6 Å². The van der Waals surface area contributed by atoms with Crippen LogP contribution in [0, 0.1) is 0 Å². The van der Waals surface area contributed by atoms with Gasteiger partial charge in [0.1, 0.15) is 12.2 Å². The molecule has 0 aliphatic heterocycles. The molecule has 0 saturated heterocycles. The van der Waals surface area contributed by atoms with Gasteiger partial charge in [-0.3, -0.25) is 9.48 Å². The number of carbonyl (C=O) groups is 1. The molecule has 0 amide bonds. The summed E-state index contributed by atoms with van der Waals surface area (Å²) in [5.74, 6) is 0.773. The van der Waals surface area contributed by atoms with E-state index >= 15 is 0 Å². The van der Waals surface area contributed by atoms with Gasteiger partial charge in [-0.2, -0.15) is 5.10 Å². The molecule has 4 heteroatoms. The zero-order valence-corrected chi connectivity index (χ0v) is 11.8. The Morgan fingerprint density at radius 1 is 1.26 bits per heavy atom. The SMILES string of the molecule is Cn1ncnc1CC(=O)c1ccccc1C(C)(C)C. The molecule has 0 atom stereocenters. The third kappa shape index (κ3) is 2.89. The molecule has 0 fully saturated rings. The van der Waals surface area contributed by atoms with Crippen LogP contribution < -0.4 is 0 Å². The maximum Gasteiger partial charge on any atom is 0.170 e. The zero-order chi connectivity index (χ0) is 14.0. The highest BCUT2D eigenvalue weighted by Crippen LogP contribution is 2.26. The number of nitrogens with zero attached hydrogens (tertiary/aromatic N) is 3. The molecule has 0 radical (unpaired) electrons. The highest BCUT2D eigenvalue weighted by molar-refractivity contribution is 5.98. The second kappa shape index (κ2) is 4.96. The minimum absolute atomic E-state index is 0.0495. The van der Waals surface area contributed by atoms with E-state index in [2.05, 4.69) is 30.9 Å². The van der Waals surface area contributed by atoms with Crippen molar-refractivity contribution < 1.29 is 4.79 Å². The van der Waals surface area contributed by atoms with E-state index in [0.717, 1.165) is 11.1 Å². The molecule has 2 aromatic rings. The van der Waals surface area contributed by atoms with Gasteiger partial charge in [0.15, 0.2) is 5.78 Å². The van der Waals surface area contributed by atoms with Crippen molar-refractivity contribution in [3.63, 3.8) is 0 Å². The first-order chi connectivity index (χ1) is 8.89. The molecule has 100 valence electrons. The molecule has 2 rings (SSSR count). The summed E-state index contributed by atoms with van der Waals surface area (Å²) in [5.41, 5.74) is 1.80. The molecule has 0 aliphatic rings. The van der Waals surface area contributed by atoms with Crippen molar-refractivity contribution in [2.24, 2.45) is 7.05 Å². The first-order valence-electron chi connectivity index (χ1n) is 6.35. The smallest absolute Gasteiger partial charge is 0.170 e. The number of ketones is 1. The molecule has 0 unspecified atom stereocenters. The lowest BCUT2D eigenvalue weighted by Crippen LogP contribution is -2.18. The van der Waals surface area contributed by atoms with Crippen molar-refractivity contribution in [2.75, 3.05) is 0 Å². The predicted molar refractivity (Wildman–Crippen MR) is 74.2 cm³/mol. The predicted octanol–water partition coefficient (Wildman–Crippen LogP) is 2.54. The third-order valence-electron chi connectivity index (χ3n) is 3.16. The van der Waals surface area contributed by atoms with Gasteiger partial charge in [-0.25, -0.2) is 4.98 Å². The Labute approximate surface area is 113 Å². The minimum atomic E-state index is -0.0495. The molecule has 0 bridgehead atoms. The number of Topliss-reactive ketones (excluding diaryl/α,β-unsaturated/α-hetero) is 1. The molecule has 19 heavy (non-hydrogen) atoms. The molecular formula is C15H19N3O. The van der Waals surface area contributed by atoms with Crippen LogP contribution in [0.2, 0.25) is 0 Å². The average Bonchev–Trinajstić information content (AvgIpc) is 2.74. The van der Waals surface area contributed by atoms with Crippen LogP contribution in [0.4, 0.5) is 0 Å². The number of rotatable bonds is 3. The van der Waals surface area contributed by atoms with Crippen LogP contribution in [0.15, 0.2) is 30.6 Å². The van der Waals surface area contributed by atoms with E-state index in [0.29, 0.717) is 5.82 Å². The lowest BCUT2D eigenvalue weighted by molar-refractivity contribution is 0.0987. The highest BCUT2D eigenvalue weighted by Gasteiger charge is 2.21. The molecule has 1 aromatic heterocycles. The van der Waals surface area contributed by atoms with Gasteiger partial charge in [-0.05, 0) is 11.0 Å². The van der Waals surface area contributed by atoms with Crippen LogP contribution in [0.3, 0.4) is 0 Å². The largest absolute Gasteiger partial charge is 0.294 e. The summed E-state index contributed by atoms with van der Waals surface area (Å²) in [4.78, 5) is 16.6. The van der Waals surface area contributed by atoms with E-state index in [1.807, 2.05) is 24.3 Å². The Balaban J connectivity index is 2.32. The Kier molecular flexibility index (Phi) is 3.51. The fourth-order valence-electron chi connectivity index (χ4n) is 2.10. The van der Waals surface area contributed by atoms with Crippen LogP contribution in [0.5, 0.6) is 0 Å². The average molecular weight is 257 g/mol. The summed E-state index contributed by atoms with van der Waals surface area (Å²) in [6.07, 6.45) is 1.75. The number of aryl methyl sites for hydroxylation is 1. The summed E-state index contributed by atoms with van der Waals surface area (Å²) >= 11 is 0. The molecule has 1 aromatic carbocycles. The number of hydrogen-bond donors (Lipinski definition) is 0. The fraction of sp³-hybridized carbons (Fsp3) is 0.400. The van der Waals surface area contributed by atoms with Gasteiger partial charge >= 0.3 is 0 Å². The Hall–Kier alpha value is -1.97. The van der Waals surface area contributed by atoms with E-state index in [4.69, 9.17) is 0 Å². The molecular weight excluding hydrogens is 238 g/mol. The van der Waals surface area contributed by atoms with Gasteiger partial charge < -0.3 is 0 Å². The number of hydrogen-bond acceptors (Lipinski definition) is 3. The lowest BCUT2D eigenvalue weighted by Gasteiger charge is -2.22. The van der Waals surface area contributed by atoms with Crippen molar-refractivity contribution in [3.05, 3.63) is 47.5 Å². The summed E-state index contributed by atoms with van der Waals surface area (Å²) in [5, 5.41) is 3.99. The molecule has 0 aliphatic carbocycles. The third-order valence-corrected chi connectivity index (χ3v) is 3.16. The van der Waals surface area contributed by atoms with Crippen molar-refractivity contribution in [2.45, 2.75) is 32.6 Å². The summed E-state index contributed by atoms with van der Waals surface area (Å²) in [7, 11) is 1.80. The maximum absolute atomic E-state index is 12.5. The van der Waals surface area contributed by atoms with Crippen LogP contribution >= 0.6 is 0 Å². The summed E-state index contributed by atoms with van der Waals surface area (Å²) < 4.78 is 1.64. The maximum atomic E-state index is 12.5. The molecule has 0 saturated carbocycles. The first-order valence-corrected chi connectivity index (χ1v) is 6.35. The quantitative estimate of drug-likeness (QED) is 0.794. The van der Waals surface area contributed by atoms with E-state index in [-0.39, 0.29) is 17.6 Å². The van der Waals surface area contributed by atoms with Gasteiger partial charge in [0.2, 0.25) is 0 Å². The van der Waals surface area contributed by atoms with Crippen LogP contribution in [-0.2, 0) is 18.9 Å². The van der Waals surface area contributed by atoms with E-state index in [1.54, 1.807) is 11.7 Å². The Morgan fingerprint density at radius 3 is 2.53 bits per heavy atom. The number of aromatic nitrogens is 3. The second-order valence-electron chi connectivity index (χ2n) is 5.70. The van der Waals surface area contributed by atoms with E-state index < -0.39 is 0 Å². The van der Waals surface area contributed by atoms with E-state index in [1.165, 1.54) is 6.33 Å². The first kappa shape index (κ1) is 13.5. The fourth-order valence-corrected chi connectivity index (χ4v) is 2.10. The molecule has 0 spiro atoms. The summed E-state index contributed by atoms with van der Waals surface area (Å²) in [6.45, 7) is 6.34. The molecule has 4 nitrogen and oxygen atoms in total.